The van der Waals surface area contributed by atoms with Crippen molar-refractivity contribution in [2.75, 3.05) is 7.05 Å². The molecule has 1 unspecified atom stereocenters. The fourth-order valence-electron chi connectivity index (χ4n) is 6.00. The zero-order valence-electron chi connectivity index (χ0n) is 20.4. The lowest BCUT2D eigenvalue weighted by molar-refractivity contribution is -0.135. The first kappa shape index (κ1) is 22.5. The Balaban J connectivity index is 1.60. The zero-order valence-corrected chi connectivity index (χ0v) is 20.4. The highest BCUT2D eigenvalue weighted by molar-refractivity contribution is 6.07. The third-order valence-electron chi connectivity index (χ3n) is 8.08. The number of likely N-dealkylation sites (N-methyl/N-ethyl adjacent to an activating group) is 1. The summed E-state index contributed by atoms with van der Waals surface area (Å²) >= 11 is 0. The monoisotopic (exact) mass is 456 g/mol. The minimum Gasteiger partial charge on any atom is -0.487 e. The van der Waals surface area contributed by atoms with Gasteiger partial charge in [0, 0.05) is 19.0 Å². The lowest BCUT2D eigenvalue weighted by Crippen LogP contribution is -2.53. The first-order valence-electron chi connectivity index (χ1n) is 12.0. The Kier molecular flexibility index (Phi) is 5.02. The van der Waals surface area contributed by atoms with E-state index in [4.69, 9.17) is 15.5 Å². The molecule has 0 bridgehead atoms. The van der Waals surface area contributed by atoms with Crippen LogP contribution >= 0.6 is 0 Å². The number of nitrogens with zero attached hydrogens (tertiary/aromatic N) is 3. The van der Waals surface area contributed by atoms with Gasteiger partial charge in [-0.3, -0.25) is 9.69 Å². The van der Waals surface area contributed by atoms with Gasteiger partial charge in [0.05, 0.1) is 11.6 Å². The maximum absolute atomic E-state index is 13.7. The molecule has 0 saturated heterocycles. The van der Waals surface area contributed by atoms with Crippen LogP contribution in [0.15, 0.2) is 47.5 Å². The summed E-state index contributed by atoms with van der Waals surface area (Å²) in [6, 6.07) is 15.6. The fraction of sp³-hybridized carbons (Fsp3) is 0.464. The Morgan fingerprint density at radius 3 is 2.47 bits per heavy atom. The number of hydrogen-bond donors (Lipinski definition) is 1. The summed E-state index contributed by atoms with van der Waals surface area (Å²) in [6.45, 7) is 6.91. The number of rotatable bonds is 1. The number of hydrogen-bond acceptors (Lipinski definition) is 5. The molecule has 34 heavy (non-hydrogen) atoms. The van der Waals surface area contributed by atoms with E-state index in [1.165, 1.54) is 4.90 Å². The molecule has 2 N–H and O–H groups in total. The molecule has 176 valence electrons. The molecule has 2 aromatic carbocycles. The highest BCUT2D eigenvalue weighted by Gasteiger charge is 2.58. The van der Waals surface area contributed by atoms with Crippen molar-refractivity contribution in [3.8, 4) is 22.9 Å². The van der Waals surface area contributed by atoms with E-state index in [0.717, 1.165) is 42.4 Å². The summed E-state index contributed by atoms with van der Waals surface area (Å²) in [4.78, 5) is 20.0. The number of nitriles is 1. The number of ether oxygens (including phenoxy) is 1. The lowest BCUT2D eigenvalue weighted by Gasteiger charge is -2.49. The number of amides is 1. The van der Waals surface area contributed by atoms with E-state index in [2.05, 4.69) is 26.8 Å². The van der Waals surface area contributed by atoms with Crippen LogP contribution in [0.4, 0.5) is 0 Å². The number of guanidine groups is 1. The molecule has 0 radical (unpaired) electrons. The van der Waals surface area contributed by atoms with Gasteiger partial charge < -0.3 is 10.5 Å². The van der Waals surface area contributed by atoms with Gasteiger partial charge in [0.15, 0.2) is 11.5 Å². The van der Waals surface area contributed by atoms with Crippen LogP contribution in [0, 0.1) is 22.7 Å². The van der Waals surface area contributed by atoms with Crippen LogP contribution < -0.4 is 10.5 Å². The maximum Gasteiger partial charge on any atom is 0.261 e. The van der Waals surface area contributed by atoms with Gasteiger partial charge in [-0.1, -0.05) is 39.0 Å². The molecular weight excluding hydrogens is 424 g/mol. The van der Waals surface area contributed by atoms with Crippen molar-refractivity contribution in [1.82, 2.24) is 4.90 Å². The average Bonchev–Trinajstić information content (AvgIpc) is 3.02. The first-order chi connectivity index (χ1) is 16.1. The molecule has 2 aromatic rings. The summed E-state index contributed by atoms with van der Waals surface area (Å²) in [5, 5.41) is 9.32. The number of benzene rings is 2. The van der Waals surface area contributed by atoms with E-state index >= 15 is 0 Å². The number of fused-ring (bicyclic) bond motifs is 2. The largest absolute Gasteiger partial charge is 0.487 e. The van der Waals surface area contributed by atoms with E-state index in [1.54, 1.807) is 13.1 Å². The standard InChI is InChI=1S/C28H32N4O2/c1-26(2,3)21-10-12-27(13-11-21)17-28(24(33)32(4)25(30)31-28)22-15-20(8-9-23(22)34-27)19-7-5-6-18(14-19)16-29/h5-9,14-15,21H,10-13,17H2,1-4H3,(H2,30,31). The second kappa shape index (κ2) is 7.59. The van der Waals surface area contributed by atoms with Gasteiger partial charge >= 0.3 is 0 Å². The number of carbonyl (C=O) groups excluding carboxylic acids is 1. The Morgan fingerprint density at radius 2 is 1.85 bits per heavy atom. The third-order valence-corrected chi connectivity index (χ3v) is 8.08. The highest BCUT2D eigenvalue weighted by Crippen LogP contribution is 2.55. The van der Waals surface area contributed by atoms with Crippen molar-refractivity contribution in [2.45, 2.75) is 64.0 Å². The molecule has 0 aromatic heterocycles. The Hall–Kier alpha value is -3.33. The van der Waals surface area contributed by atoms with Crippen molar-refractivity contribution >= 4 is 11.9 Å². The average molecular weight is 457 g/mol. The lowest BCUT2D eigenvalue weighted by atomic mass is 9.64. The Bertz CT molecular complexity index is 1230. The highest BCUT2D eigenvalue weighted by atomic mass is 16.5. The predicted octanol–water partition coefficient (Wildman–Crippen LogP) is 4.96. The van der Waals surface area contributed by atoms with Crippen LogP contribution in [0.2, 0.25) is 0 Å². The van der Waals surface area contributed by atoms with Crippen LogP contribution in [-0.4, -0.2) is 29.4 Å². The van der Waals surface area contributed by atoms with Gasteiger partial charge in [0.2, 0.25) is 0 Å². The Labute approximate surface area is 201 Å². The zero-order chi connectivity index (χ0) is 24.3. The molecular formula is C28H32N4O2. The van der Waals surface area contributed by atoms with Gasteiger partial charge in [-0.2, -0.15) is 5.26 Å². The molecule has 3 aliphatic rings. The van der Waals surface area contributed by atoms with E-state index in [9.17, 15) is 10.1 Å². The van der Waals surface area contributed by atoms with Gasteiger partial charge in [-0.15, -0.1) is 0 Å². The summed E-state index contributed by atoms with van der Waals surface area (Å²) in [5.74, 6) is 1.48. The van der Waals surface area contributed by atoms with Crippen LogP contribution in [0.5, 0.6) is 5.75 Å². The second-order valence-corrected chi connectivity index (χ2v) is 11.2. The van der Waals surface area contributed by atoms with E-state index < -0.39 is 11.1 Å². The normalized spacial score (nSPS) is 28.4. The minimum atomic E-state index is -1.08. The summed E-state index contributed by atoms with van der Waals surface area (Å²) < 4.78 is 6.73. The van der Waals surface area contributed by atoms with Gasteiger partial charge in [0.25, 0.3) is 5.91 Å². The second-order valence-electron chi connectivity index (χ2n) is 11.2. The first-order valence-corrected chi connectivity index (χ1v) is 12.0. The van der Waals surface area contributed by atoms with Crippen molar-refractivity contribution < 1.29 is 9.53 Å². The molecule has 6 heteroatoms. The van der Waals surface area contributed by atoms with Gasteiger partial charge in [-0.25, -0.2) is 4.99 Å². The number of carbonyl (C=O) groups is 1. The molecule has 6 nitrogen and oxygen atoms in total. The molecule has 1 aliphatic carbocycles. The molecule has 1 fully saturated rings. The third kappa shape index (κ3) is 3.46. The van der Waals surface area contributed by atoms with Gasteiger partial charge in [0.1, 0.15) is 11.4 Å². The SMILES string of the molecule is CN1C(=O)C2(CC3(CCC(C(C)(C)C)CC3)Oc3ccc(-c4cccc(C#N)c4)cc32)N=C1N. The molecule has 1 amide bonds. The van der Waals surface area contributed by atoms with E-state index in [0.29, 0.717) is 23.7 Å². The predicted molar refractivity (Wildman–Crippen MR) is 132 cm³/mol. The van der Waals surface area contributed by atoms with Crippen molar-refractivity contribution in [1.29, 1.82) is 5.26 Å². The van der Waals surface area contributed by atoms with E-state index in [1.807, 2.05) is 36.4 Å². The van der Waals surface area contributed by atoms with Crippen LogP contribution in [0.3, 0.4) is 0 Å². The topological polar surface area (TPSA) is 91.7 Å². The fourth-order valence-corrected chi connectivity index (χ4v) is 6.00. The summed E-state index contributed by atoms with van der Waals surface area (Å²) in [6.07, 6.45) is 4.42. The molecule has 2 spiro atoms. The summed E-state index contributed by atoms with van der Waals surface area (Å²) in [5.41, 5.74) is 8.12. The minimum absolute atomic E-state index is 0.102. The maximum atomic E-state index is 13.7. The molecule has 2 aliphatic heterocycles. The smallest absolute Gasteiger partial charge is 0.261 e. The molecule has 1 saturated carbocycles. The van der Waals surface area contributed by atoms with Crippen LogP contribution in [-0.2, 0) is 10.3 Å². The number of aliphatic imine (C=N–C) groups is 1. The summed E-state index contributed by atoms with van der Waals surface area (Å²) in [7, 11) is 1.69. The molecule has 5 rings (SSSR count). The van der Waals surface area contributed by atoms with E-state index in [-0.39, 0.29) is 17.3 Å². The van der Waals surface area contributed by atoms with Crippen LogP contribution in [0.1, 0.15) is 64.0 Å². The quantitative estimate of drug-likeness (QED) is 0.656. The Morgan fingerprint density at radius 1 is 1.15 bits per heavy atom. The molecule has 1 atom stereocenters. The van der Waals surface area contributed by atoms with Gasteiger partial charge in [-0.05, 0) is 72.4 Å². The van der Waals surface area contributed by atoms with Crippen LogP contribution in [0.25, 0.3) is 11.1 Å². The van der Waals surface area contributed by atoms with Crippen molar-refractivity contribution in [3.63, 3.8) is 0 Å². The number of nitrogens with two attached hydrogens (primary N) is 1. The molecule has 2 heterocycles. The van der Waals surface area contributed by atoms with Crippen molar-refractivity contribution in [3.05, 3.63) is 53.6 Å². The van der Waals surface area contributed by atoms with Crippen molar-refractivity contribution in [2.24, 2.45) is 22.1 Å².